The molecule has 1 amide bonds. The number of amides is 1. The Hall–Kier alpha value is -4.06. The highest BCUT2D eigenvalue weighted by Crippen LogP contribution is 2.78. The van der Waals surface area contributed by atoms with E-state index < -0.39 is 63.7 Å². The number of carboxylic acids is 1. The number of fused-ring (bicyclic) bond motifs is 1. The molecule has 0 unspecified atom stereocenters. The molecule has 0 aromatic carbocycles. The molecule has 0 radical (unpaired) electrons. The van der Waals surface area contributed by atoms with Crippen LogP contribution in [-0.4, -0.2) is 60.1 Å². The molecule has 43 heavy (non-hydrogen) atoms. The minimum Gasteiger partial charge on any atom is -0.481 e. The molecule has 4 aliphatic carbocycles. The maximum atomic E-state index is 13.8. The van der Waals surface area contributed by atoms with Crippen LogP contribution in [0.2, 0.25) is 5.15 Å². The largest absolute Gasteiger partial charge is 0.481 e. The van der Waals surface area contributed by atoms with Crippen molar-refractivity contribution in [2.45, 2.75) is 63.3 Å². The number of halogens is 1. The van der Waals surface area contributed by atoms with Crippen LogP contribution in [0.4, 0.5) is 0 Å². The summed E-state index contributed by atoms with van der Waals surface area (Å²) in [4.78, 5) is 55.6. The van der Waals surface area contributed by atoms with Crippen molar-refractivity contribution in [1.29, 1.82) is 0 Å². The number of aliphatic carboxylic acids is 1. The molecule has 1 saturated heterocycles. The van der Waals surface area contributed by atoms with Gasteiger partial charge >= 0.3 is 17.9 Å². The predicted octanol–water partition coefficient (Wildman–Crippen LogP) is 3.05. The van der Waals surface area contributed by atoms with Crippen molar-refractivity contribution in [2.75, 3.05) is 0 Å². The molecule has 8 atom stereocenters. The van der Waals surface area contributed by atoms with Crippen LogP contribution in [0.25, 0.3) is 0 Å². The van der Waals surface area contributed by atoms with Crippen LogP contribution >= 0.6 is 11.6 Å². The second-order valence-corrected chi connectivity index (χ2v) is 13.1. The van der Waals surface area contributed by atoms with Gasteiger partial charge in [0.05, 0.1) is 35.7 Å². The van der Waals surface area contributed by atoms with Crippen molar-refractivity contribution in [2.24, 2.45) is 28.6 Å². The van der Waals surface area contributed by atoms with Crippen molar-refractivity contribution in [1.82, 2.24) is 25.3 Å². The quantitative estimate of drug-likeness (QED) is 0.283. The molecule has 2 aromatic rings. The molecular formula is C30H30ClN5O7. The molecule has 12 nitrogen and oxygen atoms in total. The van der Waals surface area contributed by atoms with Crippen molar-refractivity contribution in [3.63, 3.8) is 0 Å². The fraction of sp³-hybridized carbons (Fsp3) is 0.500. The summed E-state index contributed by atoms with van der Waals surface area (Å²) in [5.74, 6) is -4.30. The number of ether oxygens (including phenoxy) is 2. The van der Waals surface area contributed by atoms with E-state index in [0.29, 0.717) is 31.4 Å². The number of nitrogens with one attached hydrogen (secondary N) is 1. The summed E-state index contributed by atoms with van der Waals surface area (Å²) < 4.78 is 13.6. The van der Waals surface area contributed by atoms with Gasteiger partial charge in [0, 0.05) is 25.0 Å². The second-order valence-electron chi connectivity index (χ2n) is 12.7. The van der Waals surface area contributed by atoms with Gasteiger partial charge in [-0.15, -0.1) is 5.10 Å². The molecule has 2 N–H and O–H groups in total. The number of carboxylic acid groups (broad SMARTS) is 1. The molecule has 4 bridgehead atoms. The van der Waals surface area contributed by atoms with Crippen LogP contribution in [0.5, 0.6) is 0 Å². The fourth-order valence-corrected chi connectivity index (χ4v) is 9.46. The van der Waals surface area contributed by atoms with E-state index in [2.05, 4.69) is 27.2 Å². The molecule has 1 spiro atoms. The summed E-state index contributed by atoms with van der Waals surface area (Å²) in [6.45, 7) is 7.38. The summed E-state index contributed by atoms with van der Waals surface area (Å²) in [5, 5.41) is 22.1. The molecule has 224 valence electrons. The molecular weight excluding hydrogens is 578 g/mol. The number of nitrogens with zero attached hydrogens (tertiary/aromatic N) is 4. The molecule has 13 heteroatoms. The summed E-state index contributed by atoms with van der Waals surface area (Å²) in [5.41, 5.74) is -2.74. The van der Waals surface area contributed by atoms with Crippen LogP contribution in [0.3, 0.4) is 0 Å². The Labute approximate surface area is 251 Å². The normalized spacial score (nSPS) is 38.3. The lowest BCUT2D eigenvalue weighted by atomic mass is 9.60. The van der Waals surface area contributed by atoms with Crippen LogP contribution in [0.1, 0.15) is 61.6 Å². The first-order chi connectivity index (χ1) is 20.4. The Morgan fingerprint density at radius 1 is 1.35 bits per heavy atom. The molecule has 1 aliphatic heterocycles. The number of esters is 2. The van der Waals surface area contributed by atoms with Crippen molar-refractivity contribution in [3.05, 3.63) is 65.2 Å². The van der Waals surface area contributed by atoms with Crippen molar-refractivity contribution >= 4 is 35.4 Å². The van der Waals surface area contributed by atoms with Gasteiger partial charge in [-0.2, -0.15) is 0 Å². The minimum absolute atomic E-state index is 0.0400. The monoisotopic (exact) mass is 607 g/mol. The summed E-state index contributed by atoms with van der Waals surface area (Å²) >= 11 is 6.03. The van der Waals surface area contributed by atoms with E-state index in [1.165, 1.54) is 17.8 Å². The van der Waals surface area contributed by atoms with E-state index in [1.54, 1.807) is 25.3 Å². The Morgan fingerprint density at radius 3 is 2.86 bits per heavy atom. The molecule has 3 heterocycles. The third-order valence-electron chi connectivity index (χ3n) is 10.7. The highest BCUT2D eigenvalue weighted by Gasteiger charge is 2.84. The topological polar surface area (TPSA) is 163 Å². The van der Waals surface area contributed by atoms with Gasteiger partial charge in [0.1, 0.15) is 22.0 Å². The van der Waals surface area contributed by atoms with E-state index in [9.17, 15) is 24.3 Å². The standard InChI is InChI=1S/C30H30ClN5O7/c1-15-11-28-14-29(15,42-16(2)37)8-6-19(28)30-9-7-20(27(3,26(41)43-30)22(30)21(28)25(39)40)36-13-17(34-35-36)12-33-24(38)18-5-4-10-32-23(18)31/h4-5,7,9-10,13,19-22H,1,6,8,11-12,14H2,2-3H3,(H,33,38)(H,39,40)/t19-,20+,21-,22-,27-,28+,29+,30-/m1/s1. The number of hydrogen-bond donors (Lipinski definition) is 2. The van der Waals surface area contributed by atoms with Crippen molar-refractivity contribution in [3.8, 4) is 0 Å². The first-order valence-electron chi connectivity index (χ1n) is 14.2. The van der Waals surface area contributed by atoms with E-state index >= 15 is 0 Å². The Balaban J connectivity index is 1.22. The van der Waals surface area contributed by atoms with Gasteiger partial charge in [-0.25, -0.2) is 9.67 Å². The van der Waals surface area contributed by atoms with E-state index in [4.69, 9.17) is 21.1 Å². The Kier molecular flexibility index (Phi) is 5.79. The van der Waals surface area contributed by atoms with Gasteiger partial charge < -0.3 is 19.9 Å². The second kappa shape index (κ2) is 8.98. The molecule has 3 saturated carbocycles. The summed E-state index contributed by atoms with van der Waals surface area (Å²) in [6, 6.07) is 2.47. The SMILES string of the molecule is C=C1C[C@]23C[C@@]1(OC(C)=O)CC[C@H]2[C@@]12C=C[C@H](n4cc(CNC(=O)c5cccnc5Cl)nn4)[C@@](C)(C(=O)O1)[C@H]2[C@@H]3C(=O)O. The lowest BCUT2D eigenvalue weighted by Crippen LogP contribution is -2.49. The highest BCUT2D eigenvalue weighted by atomic mass is 35.5. The summed E-state index contributed by atoms with van der Waals surface area (Å²) in [6.07, 6.45) is 8.56. The van der Waals surface area contributed by atoms with Gasteiger partial charge in [0.25, 0.3) is 5.91 Å². The van der Waals surface area contributed by atoms with Gasteiger partial charge in [0.15, 0.2) is 0 Å². The van der Waals surface area contributed by atoms with Crippen molar-refractivity contribution < 1.29 is 33.8 Å². The number of hydrogen-bond acceptors (Lipinski definition) is 9. The zero-order chi connectivity index (χ0) is 30.5. The number of carbonyl (C=O) groups is 4. The maximum Gasteiger partial charge on any atom is 0.315 e. The van der Waals surface area contributed by atoms with Crippen LogP contribution < -0.4 is 5.32 Å². The molecule has 2 aromatic heterocycles. The van der Waals surface area contributed by atoms with E-state index in [0.717, 1.165) is 5.57 Å². The number of aromatic nitrogens is 4. The average Bonchev–Trinajstić information content (AvgIpc) is 3.59. The Bertz CT molecular complexity index is 1660. The maximum absolute atomic E-state index is 13.8. The van der Waals surface area contributed by atoms with Gasteiger partial charge in [-0.05, 0) is 61.8 Å². The smallest absolute Gasteiger partial charge is 0.315 e. The van der Waals surface area contributed by atoms with E-state index in [-0.39, 0.29) is 23.2 Å². The van der Waals surface area contributed by atoms with Gasteiger partial charge in [-0.1, -0.05) is 29.5 Å². The number of carbonyl (C=O) groups excluding carboxylic acids is 3. The molecule has 7 rings (SSSR count). The van der Waals surface area contributed by atoms with Gasteiger partial charge in [-0.3, -0.25) is 19.2 Å². The fourth-order valence-electron chi connectivity index (χ4n) is 9.26. The lowest BCUT2D eigenvalue weighted by molar-refractivity contribution is -0.167. The lowest BCUT2D eigenvalue weighted by Gasteiger charge is -2.45. The van der Waals surface area contributed by atoms with Crippen LogP contribution in [-0.2, 0) is 30.4 Å². The number of pyridine rings is 1. The molecule has 5 aliphatic rings. The average molecular weight is 608 g/mol. The zero-order valence-electron chi connectivity index (χ0n) is 23.6. The highest BCUT2D eigenvalue weighted by molar-refractivity contribution is 6.32. The predicted molar refractivity (Wildman–Crippen MR) is 148 cm³/mol. The molecule has 4 fully saturated rings. The van der Waals surface area contributed by atoms with Gasteiger partial charge in [0.2, 0.25) is 0 Å². The number of rotatable bonds is 6. The minimum atomic E-state index is -1.28. The van der Waals surface area contributed by atoms with Crippen LogP contribution in [0, 0.1) is 28.6 Å². The Morgan fingerprint density at radius 2 is 2.14 bits per heavy atom. The van der Waals surface area contributed by atoms with Crippen LogP contribution in [0.15, 0.2) is 48.8 Å². The van der Waals surface area contributed by atoms with E-state index in [1.807, 2.05) is 12.2 Å². The first-order valence-corrected chi connectivity index (χ1v) is 14.6. The zero-order valence-corrected chi connectivity index (χ0v) is 24.3. The third kappa shape index (κ3) is 3.52. The third-order valence-corrected chi connectivity index (χ3v) is 11.0. The first kappa shape index (κ1) is 27.8. The summed E-state index contributed by atoms with van der Waals surface area (Å²) in [7, 11) is 0. The number of allylic oxidation sites excluding steroid dienone is 1.